The first-order chi connectivity index (χ1) is 16.2. The largest absolute Gasteiger partial charge is 0.487 e. The van der Waals surface area contributed by atoms with E-state index in [9.17, 15) is 14.0 Å². The smallest absolute Gasteiger partial charge is 0.305 e. The normalized spacial score (nSPS) is 16.6. The second-order valence-electron chi connectivity index (χ2n) is 8.85. The van der Waals surface area contributed by atoms with Gasteiger partial charge >= 0.3 is 5.97 Å². The Morgan fingerprint density at radius 3 is 2.56 bits per heavy atom. The van der Waals surface area contributed by atoms with Gasteiger partial charge in [-0.05, 0) is 66.1 Å². The lowest BCUT2D eigenvalue weighted by molar-refractivity contribution is -0.137. The highest BCUT2D eigenvalue weighted by atomic mass is 79.9. The number of hydrogen-bond donors (Lipinski definition) is 1. The SMILES string of the molecule is C[C@@]1(Cc2ccc(Br)cc2)Cc2cc(C(=O)N(CCC(=O)O)Cc3cccc(F)c3)ccc2O1. The van der Waals surface area contributed by atoms with Gasteiger partial charge in [0.2, 0.25) is 0 Å². The first kappa shape index (κ1) is 24.0. The van der Waals surface area contributed by atoms with Gasteiger partial charge in [0.25, 0.3) is 5.91 Å². The molecule has 176 valence electrons. The number of benzene rings is 3. The van der Waals surface area contributed by atoms with Crippen LogP contribution in [0, 0.1) is 5.82 Å². The highest BCUT2D eigenvalue weighted by molar-refractivity contribution is 9.10. The van der Waals surface area contributed by atoms with Gasteiger partial charge in [0.1, 0.15) is 17.2 Å². The summed E-state index contributed by atoms with van der Waals surface area (Å²) in [6.45, 7) is 2.21. The van der Waals surface area contributed by atoms with E-state index >= 15 is 0 Å². The lowest BCUT2D eigenvalue weighted by Gasteiger charge is -2.24. The molecule has 0 spiro atoms. The number of amides is 1. The topological polar surface area (TPSA) is 66.8 Å². The molecule has 0 aliphatic carbocycles. The Hall–Kier alpha value is -3.19. The zero-order valence-electron chi connectivity index (χ0n) is 18.8. The molecule has 0 radical (unpaired) electrons. The lowest BCUT2D eigenvalue weighted by Crippen LogP contribution is -2.33. The van der Waals surface area contributed by atoms with Crippen LogP contribution in [0.4, 0.5) is 4.39 Å². The Morgan fingerprint density at radius 1 is 1.09 bits per heavy atom. The molecule has 0 bridgehead atoms. The Bertz CT molecular complexity index is 1210. The van der Waals surface area contributed by atoms with Crippen molar-refractivity contribution in [3.63, 3.8) is 0 Å². The monoisotopic (exact) mass is 525 g/mol. The van der Waals surface area contributed by atoms with E-state index in [4.69, 9.17) is 9.84 Å². The number of ether oxygens (including phenoxy) is 1. The van der Waals surface area contributed by atoms with Crippen LogP contribution in [0.1, 0.15) is 40.4 Å². The molecule has 3 aromatic rings. The number of carboxylic acid groups (broad SMARTS) is 1. The van der Waals surface area contributed by atoms with E-state index in [0.717, 1.165) is 27.8 Å². The summed E-state index contributed by atoms with van der Waals surface area (Å²) >= 11 is 3.45. The predicted octanol–water partition coefficient (Wildman–Crippen LogP) is 5.64. The summed E-state index contributed by atoms with van der Waals surface area (Å²) in [6.07, 6.45) is 1.18. The number of carboxylic acids is 1. The molecule has 34 heavy (non-hydrogen) atoms. The van der Waals surface area contributed by atoms with Crippen molar-refractivity contribution in [2.24, 2.45) is 0 Å². The fourth-order valence-electron chi connectivity index (χ4n) is 4.31. The number of aliphatic carboxylic acids is 1. The maximum atomic E-state index is 13.6. The van der Waals surface area contributed by atoms with E-state index in [1.165, 1.54) is 17.0 Å². The third kappa shape index (κ3) is 5.83. The van der Waals surface area contributed by atoms with Crippen molar-refractivity contribution in [3.8, 4) is 5.75 Å². The first-order valence-corrected chi connectivity index (χ1v) is 11.8. The maximum Gasteiger partial charge on any atom is 0.305 e. The second-order valence-corrected chi connectivity index (χ2v) is 9.77. The van der Waals surface area contributed by atoms with Gasteiger partial charge in [-0.2, -0.15) is 0 Å². The Balaban J connectivity index is 1.52. The van der Waals surface area contributed by atoms with Crippen LogP contribution in [-0.2, 0) is 24.2 Å². The highest BCUT2D eigenvalue weighted by Crippen LogP contribution is 2.38. The molecule has 0 aromatic heterocycles. The van der Waals surface area contributed by atoms with E-state index in [0.29, 0.717) is 17.5 Å². The lowest BCUT2D eigenvalue weighted by atomic mass is 9.91. The molecule has 1 aliphatic heterocycles. The van der Waals surface area contributed by atoms with E-state index < -0.39 is 17.4 Å². The van der Waals surface area contributed by atoms with Crippen molar-refractivity contribution in [3.05, 3.63) is 99.3 Å². The summed E-state index contributed by atoms with van der Waals surface area (Å²) in [5, 5.41) is 9.13. The molecule has 1 atom stereocenters. The molecule has 0 saturated heterocycles. The number of halogens is 2. The first-order valence-electron chi connectivity index (χ1n) is 11.0. The van der Waals surface area contributed by atoms with Gasteiger partial charge in [0.15, 0.2) is 0 Å². The van der Waals surface area contributed by atoms with Crippen molar-refractivity contribution in [2.45, 2.75) is 38.3 Å². The van der Waals surface area contributed by atoms with Gasteiger partial charge in [0, 0.05) is 36.0 Å². The van der Waals surface area contributed by atoms with Crippen LogP contribution in [0.15, 0.2) is 71.2 Å². The van der Waals surface area contributed by atoms with Crippen LogP contribution in [0.3, 0.4) is 0 Å². The molecule has 1 amide bonds. The molecule has 7 heteroatoms. The van der Waals surface area contributed by atoms with Gasteiger partial charge in [0.05, 0.1) is 6.42 Å². The average molecular weight is 526 g/mol. The summed E-state index contributed by atoms with van der Waals surface area (Å²) in [7, 11) is 0. The van der Waals surface area contributed by atoms with Gasteiger partial charge in [-0.3, -0.25) is 9.59 Å². The standard InChI is InChI=1S/C27H25BrFNO4/c1-27(15-18-5-8-22(28)9-6-18)16-21-14-20(7-10-24(21)34-27)26(33)30(12-11-25(31)32)17-19-3-2-4-23(29)13-19/h2-10,13-14H,11-12,15-17H2,1H3,(H,31,32)/t27-/m1/s1. The van der Waals surface area contributed by atoms with Crippen LogP contribution in [-0.4, -0.2) is 34.0 Å². The van der Waals surface area contributed by atoms with Crippen molar-refractivity contribution in [1.82, 2.24) is 4.90 Å². The van der Waals surface area contributed by atoms with Gasteiger partial charge in [-0.1, -0.05) is 40.2 Å². The summed E-state index contributed by atoms with van der Waals surface area (Å²) in [4.78, 5) is 25.9. The van der Waals surface area contributed by atoms with Gasteiger partial charge in [-0.15, -0.1) is 0 Å². The quantitative estimate of drug-likeness (QED) is 0.413. The van der Waals surface area contributed by atoms with Crippen LogP contribution >= 0.6 is 15.9 Å². The van der Waals surface area contributed by atoms with E-state index in [2.05, 4.69) is 35.0 Å². The summed E-state index contributed by atoms with van der Waals surface area (Å²) in [6, 6.07) is 19.4. The molecular formula is C27H25BrFNO4. The van der Waals surface area contributed by atoms with Gasteiger partial charge < -0.3 is 14.7 Å². The zero-order valence-corrected chi connectivity index (χ0v) is 20.3. The molecule has 0 saturated carbocycles. The van der Waals surface area contributed by atoms with Crippen molar-refractivity contribution < 1.29 is 23.8 Å². The Kier molecular flexibility index (Phi) is 7.03. The molecule has 1 heterocycles. The van der Waals surface area contributed by atoms with Crippen LogP contribution < -0.4 is 4.74 Å². The summed E-state index contributed by atoms with van der Waals surface area (Å²) < 4.78 is 20.9. The Morgan fingerprint density at radius 2 is 1.85 bits per heavy atom. The molecular weight excluding hydrogens is 501 g/mol. The second kappa shape index (κ2) is 9.97. The zero-order chi connectivity index (χ0) is 24.3. The molecule has 5 nitrogen and oxygen atoms in total. The number of carbonyl (C=O) groups is 2. The summed E-state index contributed by atoms with van der Waals surface area (Å²) in [5.74, 6) is -0.945. The maximum absolute atomic E-state index is 13.6. The number of carbonyl (C=O) groups excluding carboxylic acids is 1. The third-order valence-corrected chi connectivity index (χ3v) is 6.39. The van der Waals surface area contributed by atoms with E-state index in [-0.39, 0.29) is 25.4 Å². The van der Waals surface area contributed by atoms with Crippen molar-refractivity contribution in [2.75, 3.05) is 6.54 Å². The minimum Gasteiger partial charge on any atom is -0.487 e. The molecule has 0 unspecified atom stereocenters. The molecule has 3 aromatic carbocycles. The van der Waals surface area contributed by atoms with Crippen molar-refractivity contribution >= 4 is 27.8 Å². The number of fused-ring (bicyclic) bond motifs is 1. The van der Waals surface area contributed by atoms with Crippen molar-refractivity contribution in [1.29, 1.82) is 0 Å². The fourth-order valence-corrected chi connectivity index (χ4v) is 4.57. The molecule has 1 aliphatic rings. The number of hydrogen-bond acceptors (Lipinski definition) is 3. The minimum absolute atomic E-state index is 0.0273. The average Bonchev–Trinajstić information content (AvgIpc) is 3.12. The third-order valence-electron chi connectivity index (χ3n) is 5.86. The number of nitrogens with zero attached hydrogens (tertiary/aromatic N) is 1. The predicted molar refractivity (Wildman–Crippen MR) is 130 cm³/mol. The van der Waals surface area contributed by atoms with E-state index in [1.807, 2.05) is 18.2 Å². The Labute approximate surface area is 206 Å². The summed E-state index contributed by atoms with van der Waals surface area (Å²) in [5.41, 5.74) is 2.73. The highest BCUT2D eigenvalue weighted by Gasteiger charge is 2.35. The molecule has 4 rings (SSSR count). The van der Waals surface area contributed by atoms with Crippen LogP contribution in [0.2, 0.25) is 0 Å². The van der Waals surface area contributed by atoms with Gasteiger partial charge in [-0.25, -0.2) is 4.39 Å². The number of rotatable bonds is 8. The molecule has 0 fully saturated rings. The fraction of sp³-hybridized carbons (Fsp3) is 0.259. The van der Waals surface area contributed by atoms with E-state index in [1.54, 1.807) is 24.3 Å². The van der Waals surface area contributed by atoms with Crippen LogP contribution in [0.25, 0.3) is 0 Å². The minimum atomic E-state index is -0.997. The van der Waals surface area contributed by atoms with Crippen LogP contribution in [0.5, 0.6) is 5.75 Å². The molecule has 1 N–H and O–H groups in total.